The molecule has 108 valence electrons. The first-order valence-corrected chi connectivity index (χ1v) is 7.35. The molecule has 1 aliphatic heterocycles. The van der Waals surface area contributed by atoms with Crippen molar-refractivity contribution in [1.29, 1.82) is 0 Å². The van der Waals surface area contributed by atoms with Crippen molar-refractivity contribution in [3.8, 4) is 0 Å². The second-order valence-electron chi connectivity index (χ2n) is 5.58. The van der Waals surface area contributed by atoms with E-state index in [0.717, 1.165) is 18.7 Å². The highest BCUT2D eigenvalue weighted by Crippen LogP contribution is 2.25. The largest absolute Gasteiger partial charge is 0.348 e. The van der Waals surface area contributed by atoms with E-state index in [2.05, 4.69) is 42.8 Å². The number of rotatable bonds is 2. The van der Waals surface area contributed by atoms with Gasteiger partial charge in [0.1, 0.15) is 0 Å². The van der Waals surface area contributed by atoms with E-state index in [0.29, 0.717) is 0 Å². The molecule has 0 radical (unpaired) electrons. The molecule has 0 bridgehead atoms. The standard InChI is InChI=1S/C18H20N2O/c1-14-5-7-16(8-6-14)9-10-18(21)20-13-12-19-11-3-4-17(19)15(20)2/h3-11,15H,12-13H2,1-2H3/b10-9+. The Kier molecular flexibility index (Phi) is 3.65. The minimum Gasteiger partial charge on any atom is -0.348 e. The summed E-state index contributed by atoms with van der Waals surface area (Å²) in [6.45, 7) is 5.78. The smallest absolute Gasteiger partial charge is 0.247 e. The van der Waals surface area contributed by atoms with Gasteiger partial charge in [-0.25, -0.2) is 0 Å². The fourth-order valence-electron chi connectivity index (χ4n) is 2.82. The molecule has 1 aromatic carbocycles. The van der Waals surface area contributed by atoms with Gasteiger partial charge in [0.05, 0.1) is 6.04 Å². The first kappa shape index (κ1) is 13.7. The van der Waals surface area contributed by atoms with Crippen LogP contribution >= 0.6 is 0 Å². The molecule has 1 unspecified atom stereocenters. The predicted octanol–water partition coefficient (Wildman–Crippen LogP) is 3.41. The molecule has 21 heavy (non-hydrogen) atoms. The van der Waals surface area contributed by atoms with Crippen LogP contribution in [-0.2, 0) is 11.3 Å². The van der Waals surface area contributed by atoms with Gasteiger partial charge in [-0.05, 0) is 37.6 Å². The van der Waals surface area contributed by atoms with Gasteiger partial charge in [0.15, 0.2) is 0 Å². The summed E-state index contributed by atoms with van der Waals surface area (Å²) < 4.78 is 2.22. The lowest BCUT2D eigenvalue weighted by Gasteiger charge is -2.34. The van der Waals surface area contributed by atoms with Crippen LogP contribution in [0.3, 0.4) is 0 Å². The zero-order chi connectivity index (χ0) is 14.8. The highest BCUT2D eigenvalue weighted by molar-refractivity contribution is 5.92. The topological polar surface area (TPSA) is 25.2 Å². The Morgan fingerprint density at radius 1 is 1.19 bits per heavy atom. The molecule has 0 saturated heterocycles. The van der Waals surface area contributed by atoms with Crippen LogP contribution in [0, 0.1) is 6.92 Å². The normalized spacial score (nSPS) is 18.0. The summed E-state index contributed by atoms with van der Waals surface area (Å²) in [4.78, 5) is 14.3. The molecule has 0 aliphatic carbocycles. The first-order chi connectivity index (χ1) is 10.1. The van der Waals surface area contributed by atoms with Crippen molar-refractivity contribution >= 4 is 12.0 Å². The number of benzene rings is 1. The Bertz CT molecular complexity index is 667. The first-order valence-electron chi connectivity index (χ1n) is 7.35. The maximum absolute atomic E-state index is 12.4. The van der Waals surface area contributed by atoms with E-state index < -0.39 is 0 Å². The lowest BCUT2D eigenvalue weighted by Crippen LogP contribution is -2.39. The second-order valence-corrected chi connectivity index (χ2v) is 5.58. The molecule has 3 rings (SSSR count). The molecule has 1 aliphatic rings. The maximum atomic E-state index is 12.4. The Morgan fingerprint density at radius 2 is 1.95 bits per heavy atom. The van der Waals surface area contributed by atoms with Crippen LogP contribution < -0.4 is 0 Å². The summed E-state index contributed by atoms with van der Waals surface area (Å²) in [5.41, 5.74) is 3.49. The van der Waals surface area contributed by atoms with Gasteiger partial charge in [0.25, 0.3) is 0 Å². The number of amides is 1. The number of aryl methyl sites for hydroxylation is 1. The molecule has 0 saturated carbocycles. The monoisotopic (exact) mass is 280 g/mol. The molecule has 0 N–H and O–H groups in total. The van der Waals surface area contributed by atoms with Crippen molar-refractivity contribution in [3.63, 3.8) is 0 Å². The number of fused-ring (bicyclic) bond motifs is 1. The van der Waals surface area contributed by atoms with Gasteiger partial charge in [0.2, 0.25) is 5.91 Å². The van der Waals surface area contributed by atoms with Crippen molar-refractivity contribution in [2.75, 3.05) is 6.54 Å². The number of carbonyl (C=O) groups is 1. The van der Waals surface area contributed by atoms with Crippen LogP contribution in [0.1, 0.15) is 29.8 Å². The Morgan fingerprint density at radius 3 is 2.71 bits per heavy atom. The van der Waals surface area contributed by atoms with E-state index in [1.807, 2.05) is 29.2 Å². The van der Waals surface area contributed by atoms with Crippen molar-refractivity contribution in [2.45, 2.75) is 26.4 Å². The molecule has 0 spiro atoms. The third kappa shape index (κ3) is 2.77. The summed E-state index contributed by atoms with van der Waals surface area (Å²) in [7, 11) is 0. The van der Waals surface area contributed by atoms with E-state index in [9.17, 15) is 4.79 Å². The molecule has 1 aromatic heterocycles. The predicted molar refractivity (Wildman–Crippen MR) is 84.8 cm³/mol. The van der Waals surface area contributed by atoms with Gasteiger partial charge >= 0.3 is 0 Å². The quantitative estimate of drug-likeness (QED) is 0.774. The zero-order valence-corrected chi connectivity index (χ0v) is 12.5. The van der Waals surface area contributed by atoms with Crippen LogP contribution in [0.2, 0.25) is 0 Å². The summed E-state index contributed by atoms with van der Waals surface area (Å²) >= 11 is 0. The average Bonchev–Trinajstić information content (AvgIpc) is 2.96. The van der Waals surface area contributed by atoms with Gasteiger partial charge < -0.3 is 9.47 Å². The molecule has 3 nitrogen and oxygen atoms in total. The molecular formula is C18H20N2O. The minimum absolute atomic E-state index is 0.0792. The summed E-state index contributed by atoms with van der Waals surface area (Å²) in [6, 6.07) is 12.4. The van der Waals surface area contributed by atoms with Crippen LogP contribution in [0.15, 0.2) is 48.7 Å². The summed E-state index contributed by atoms with van der Waals surface area (Å²) in [5, 5.41) is 0. The van der Waals surface area contributed by atoms with Crippen molar-refractivity contribution in [2.24, 2.45) is 0 Å². The number of nitrogens with zero attached hydrogens (tertiary/aromatic N) is 2. The van der Waals surface area contributed by atoms with Crippen molar-refractivity contribution in [1.82, 2.24) is 9.47 Å². The highest BCUT2D eigenvalue weighted by atomic mass is 16.2. The fourth-order valence-corrected chi connectivity index (χ4v) is 2.82. The second kappa shape index (κ2) is 5.60. The van der Waals surface area contributed by atoms with E-state index in [1.54, 1.807) is 6.08 Å². The Hall–Kier alpha value is -2.29. The maximum Gasteiger partial charge on any atom is 0.247 e. The molecule has 2 aromatic rings. The van der Waals surface area contributed by atoms with Gasteiger partial charge in [-0.3, -0.25) is 4.79 Å². The number of hydrogen-bond acceptors (Lipinski definition) is 1. The van der Waals surface area contributed by atoms with Crippen molar-refractivity contribution < 1.29 is 4.79 Å². The SMILES string of the molecule is Cc1ccc(/C=C/C(=O)N2CCn3cccc3C2C)cc1. The van der Waals surface area contributed by atoms with Gasteiger partial charge in [-0.15, -0.1) is 0 Å². The van der Waals surface area contributed by atoms with Crippen LogP contribution in [0.4, 0.5) is 0 Å². The Labute approximate surface area is 125 Å². The van der Waals surface area contributed by atoms with E-state index in [-0.39, 0.29) is 11.9 Å². The number of aromatic nitrogens is 1. The third-order valence-corrected chi connectivity index (χ3v) is 4.12. The third-order valence-electron chi connectivity index (χ3n) is 4.12. The summed E-state index contributed by atoms with van der Waals surface area (Å²) in [6.07, 6.45) is 5.65. The Balaban J connectivity index is 1.73. The molecule has 1 amide bonds. The van der Waals surface area contributed by atoms with E-state index in [1.165, 1.54) is 11.3 Å². The molecule has 3 heteroatoms. The molecule has 0 fully saturated rings. The van der Waals surface area contributed by atoms with Gasteiger partial charge in [-0.2, -0.15) is 0 Å². The van der Waals surface area contributed by atoms with Gasteiger partial charge in [-0.1, -0.05) is 29.8 Å². The van der Waals surface area contributed by atoms with Crippen LogP contribution in [0.5, 0.6) is 0 Å². The van der Waals surface area contributed by atoms with Crippen LogP contribution in [0.25, 0.3) is 6.08 Å². The average molecular weight is 280 g/mol. The number of carbonyl (C=O) groups excluding carboxylic acids is 1. The highest BCUT2D eigenvalue weighted by Gasteiger charge is 2.25. The lowest BCUT2D eigenvalue weighted by molar-refractivity contribution is -0.129. The number of hydrogen-bond donors (Lipinski definition) is 0. The van der Waals surface area contributed by atoms with E-state index in [4.69, 9.17) is 0 Å². The van der Waals surface area contributed by atoms with E-state index >= 15 is 0 Å². The molecular weight excluding hydrogens is 260 g/mol. The molecule has 2 heterocycles. The van der Waals surface area contributed by atoms with Crippen LogP contribution in [-0.4, -0.2) is 21.9 Å². The fraction of sp³-hybridized carbons (Fsp3) is 0.278. The summed E-state index contributed by atoms with van der Waals surface area (Å²) in [5.74, 6) is 0.0792. The lowest BCUT2D eigenvalue weighted by atomic mass is 10.1. The van der Waals surface area contributed by atoms with Gasteiger partial charge in [0, 0.05) is 31.1 Å². The molecule has 1 atom stereocenters. The minimum atomic E-state index is 0.0792. The van der Waals surface area contributed by atoms with Crippen molar-refractivity contribution in [3.05, 3.63) is 65.5 Å². The zero-order valence-electron chi connectivity index (χ0n) is 12.5.